The van der Waals surface area contributed by atoms with Crippen LogP contribution in [0.1, 0.15) is 23.5 Å². The van der Waals surface area contributed by atoms with Crippen molar-refractivity contribution >= 4 is 11.4 Å². The van der Waals surface area contributed by atoms with E-state index < -0.39 is 17.3 Å². The summed E-state index contributed by atoms with van der Waals surface area (Å²) in [5.74, 6) is -0.650. The number of aromatic nitrogens is 2. The van der Waals surface area contributed by atoms with Gasteiger partial charge in [0.2, 0.25) is 5.82 Å². The maximum atomic E-state index is 14.3. The molecule has 4 rings (SSSR count). The molecule has 1 aliphatic heterocycles. The molecule has 2 N–H and O–H groups in total. The van der Waals surface area contributed by atoms with Gasteiger partial charge in [-0.1, -0.05) is 18.2 Å². The molecule has 0 bridgehead atoms. The Bertz CT molecular complexity index is 980. The molecule has 3 aromatic rings. The summed E-state index contributed by atoms with van der Waals surface area (Å²) >= 11 is 0. The highest BCUT2D eigenvalue weighted by Gasteiger charge is 2.35. The van der Waals surface area contributed by atoms with Crippen molar-refractivity contribution in [3.63, 3.8) is 0 Å². The molecule has 3 heterocycles. The fraction of sp³-hybridized carbons (Fsp3) is 0.300. The van der Waals surface area contributed by atoms with Gasteiger partial charge in [0, 0.05) is 25.0 Å². The summed E-state index contributed by atoms with van der Waals surface area (Å²) in [6, 6.07) is 11.7. The van der Waals surface area contributed by atoms with Crippen LogP contribution in [-0.2, 0) is 4.74 Å². The second-order valence-electron chi connectivity index (χ2n) is 6.72. The molecule has 0 radical (unpaired) electrons. The molecular formula is C20H20FN3O3. The van der Waals surface area contributed by atoms with Crippen molar-refractivity contribution in [2.24, 2.45) is 0 Å². The Kier molecular flexibility index (Phi) is 4.63. The van der Waals surface area contributed by atoms with Gasteiger partial charge in [0.1, 0.15) is 5.82 Å². The molecule has 1 saturated heterocycles. The molecule has 27 heavy (non-hydrogen) atoms. The highest BCUT2D eigenvalue weighted by molar-refractivity contribution is 5.95. The third-order valence-electron chi connectivity index (χ3n) is 5.01. The molecule has 1 amide bonds. The highest BCUT2D eigenvalue weighted by Crippen LogP contribution is 2.28. The van der Waals surface area contributed by atoms with Crippen LogP contribution in [0.4, 0.5) is 4.39 Å². The fourth-order valence-corrected chi connectivity index (χ4v) is 3.43. The minimum Gasteiger partial charge on any atom is -0.394 e. The highest BCUT2D eigenvalue weighted by atomic mass is 19.1. The van der Waals surface area contributed by atoms with Crippen LogP contribution in [0, 0.1) is 5.82 Å². The summed E-state index contributed by atoms with van der Waals surface area (Å²) in [6.07, 6.45) is 2.77. The second-order valence-corrected chi connectivity index (χ2v) is 6.72. The number of amides is 1. The number of pyridine rings is 1. The van der Waals surface area contributed by atoms with E-state index in [4.69, 9.17) is 4.74 Å². The monoisotopic (exact) mass is 369 g/mol. The van der Waals surface area contributed by atoms with E-state index in [0.29, 0.717) is 42.8 Å². The molecule has 0 aliphatic carbocycles. The average Bonchev–Trinajstić information content (AvgIpc) is 3.09. The molecule has 1 aromatic carbocycles. The molecule has 2 aromatic heterocycles. The lowest BCUT2D eigenvalue weighted by Crippen LogP contribution is -2.54. The first-order valence-electron chi connectivity index (χ1n) is 8.87. The Morgan fingerprint density at radius 3 is 2.70 bits per heavy atom. The van der Waals surface area contributed by atoms with Crippen molar-refractivity contribution in [2.75, 3.05) is 19.8 Å². The quantitative estimate of drug-likeness (QED) is 0.741. The average molecular weight is 369 g/mol. The predicted molar refractivity (Wildman–Crippen MR) is 97.9 cm³/mol. The molecule has 0 spiro atoms. The number of imidazole rings is 1. The zero-order valence-electron chi connectivity index (χ0n) is 14.7. The lowest BCUT2D eigenvalue weighted by Gasteiger charge is -2.36. The SMILES string of the molecule is O=C(NC1(CO)CCOCC1)c1nc(-c2ccccc2F)c2ccccn12. The number of aliphatic hydroxyl groups excluding tert-OH is 1. The summed E-state index contributed by atoms with van der Waals surface area (Å²) in [5, 5.41) is 12.7. The maximum absolute atomic E-state index is 14.3. The third-order valence-corrected chi connectivity index (χ3v) is 5.01. The topological polar surface area (TPSA) is 75.9 Å². The first-order valence-corrected chi connectivity index (χ1v) is 8.87. The van der Waals surface area contributed by atoms with Gasteiger partial charge in [-0.05, 0) is 37.1 Å². The van der Waals surface area contributed by atoms with Crippen LogP contribution in [0.25, 0.3) is 16.8 Å². The number of nitrogens with one attached hydrogen (secondary N) is 1. The van der Waals surface area contributed by atoms with Crippen LogP contribution in [0.2, 0.25) is 0 Å². The first-order chi connectivity index (χ1) is 13.1. The van der Waals surface area contributed by atoms with Gasteiger partial charge in [-0.2, -0.15) is 0 Å². The minimum atomic E-state index is -0.728. The lowest BCUT2D eigenvalue weighted by molar-refractivity contribution is 0.0123. The smallest absolute Gasteiger partial charge is 0.288 e. The summed E-state index contributed by atoms with van der Waals surface area (Å²) in [5.41, 5.74) is 0.651. The summed E-state index contributed by atoms with van der Waals surface area (Å²) in [4.78, 5) is 17.4. The molecule has 1 fully saturated rings. The van der Waals surface area contributed by atoms with E-state index in [0.717, 1.165) is 0 Å². The van der Waals surface area contributed by atoms with E-state index in [9.17, 15) is 14.3 Å². The van der Waals surface area contributed by atoms with Crippen molar-refractivity contribution in [1.29, 1.82) is 0 Å². The van der Waals surface area contributed by atoms with Crippen molar-refractivity contribution in [3.8, 4) is 11.3 Å². The number of benzene rings is 1. The predicted octanol–water partition coefficient (Wildman–Crippen LogP) is 2.41. The van der Waals surface area contributed by atoms with Crippen LogP contribution in [-0.4, -0.2) is 45.8 Å². The number of rotatable bonds is 4. The molecule has 1 aliphatic rings. The van der Waals surface area contributed by atoms with Gasteiger partial charge in [-0.3, -0.25) is 9.20 Å². The van der Waals surface area contributed by atoms with Gasteiger partial charge in [0.25, 0.3) is 5.91 Å². The van der Waals surface area contributed by atoms with Gasteiger partial charge in [0.05, 0.1) is 23.4 Å². The van der Waals surface area contributed by atoms with E-state index in [1.807, 2.05) is 6.07 Å². The zero-order valence-corrected chi connectivity index (χ0v) is 14.7. The first kappa shape index (κ1) is 17.6. The van der Waals surface area contributed by atoms with Crippen molar-refractivity contribution < 1.29 is 19.0 Å². The molecule has 140 valence electrons. The van der Waals surface area contributed by atoms with Crippen molar-refractivity contribution in [3.05, 3.63) is 60.3 Å². The Morgan fingerprint density at radius 2 is 1.96 bits per heavy atom. The summed E-state index contributed by atoms with van der Waals surface area (Å²) in [7, 11) is 0. The zero-order chi connectivity index (χ0) is 18.9. The number of hydrogen-bond acceptors (Lipinski definition) is 4. The largest absolute Gasteiger partial charge is 0.394 e. The fourth-order valence-electron chi connectivity index (χ4n) is 3.43. The number of carbonyl (C=O) groups excluding carboxylic acids is 1. The lowest BCUT2D eigenvalue weighted by atomic mass is 9.91. The van der Waals surface area contributed by atoms with E-state index in [-0.39, 0.29) is 12.4 Å². The van der Waals surface area contributed by atoms with Gasteiger partial charge in [-0.15, -0.1) is 0 Å². The van der Waals surface area contributed by atoms with Crippen LogP contribution >= 0.6 is 0 Å². The molecular weight excluding hydrogens is 349 g/mol. The van der Waals surface area contributed by atoms with E-state index in [1.165, 1.54) is 6.07 Å². The Morgan fingerprint density at radius 1 is 1.22 bits per heavy atom. The van der Waals surface area contributed by atoms with Crippen LogP contribution < -0.4 is 5.32 Å². The normalized spacial score (nSPS) is 16.4. The Balaban J connectivity index is 1.76. The molecule has 0 atom stereocenters. The van der Waals surface area contributed by atoms with Gasteiger partial charge >= 0.3 is 0 Å². The number of ether oxygens (including phenoxy) is 1. The van der Waals surface area contributed by atoms with E-state index in [1.54, 1.807) is 40.9 Å². The second kappa shape index (κ2) is 7.09. The summed E-state index contributed by atoms with van der Waals surface area (Å²) in [6.45, 7) is 0.777. The Labute approximate surface area is 155 Å². The van der Waals surface area contributed by atoms with E-state index >= 15 is 0 Å². The van der Waals surface area contributed by atoms with Crippen molar-refractivity contribution in [2.45, 2.75) is 18.4 Å². The van der Waals surface area contributed by atoms with Crippen LogP contribution in [0.3, 0.4) is 0 Å². The van der Waals surface area contributed by atoms with Crippen LogP contribution in [0.15, 0.2) is 48.7 Å². The van der Waals surface area contributed by atoms with Gasteiger partial charge in [-0.25, -0.2) is 9.37 Å². The molecule has 0 unspecified atom stereocenters. The summed E-state index contributed by atoms with van der Waals surface area (Å²) < 4.78 is 21.3. The van der Waals surface area contributed by atoms with Gasteiger partial charge < -0.3 is 15.2 Å². The molecule has 6 nitrogen and oxygen atoms in total. The maximum Gasteiger partial charge on any atom is 0.288 e. The molecule has 7 heteroatoms. The number of halogens is 1. The van der Waals surface area contributed by atoms with E-state index in [2.05, 4.69) is 10.3 Å². The van der Waals surface area contributed by atoms with Gasteiger partial charge in [0.15, 0.2) is 0 Å². The minimum absolute atomic E-state index is 0.156. The molecule has 0 saturated carbocycles. The number of fused-ring (bicyclic) bond motifs is 1. The number of nitrogens with zero attached hydrogens (tertiary/aromatic N) is 2. The van der Waals surface area contributed by atoms with Crippen molar-refractivity contribution in [1.82, 2.24) is 14.7 Å². The number of carbonyl (C=O) groups is 1. The third kappa shape index (κ3) is 3.20. The standard InChI is InChI=1S/C20H20FN3O3/c21-15-6-2-1-5-14(15)17-16-7-3-4-10-24(16)18(22-17)19(26)23-20(13-25)8-11-27-12-9-20/h1-7,10,25H,8-9,11-13H2,(H,23,26). The number of hydrogen-bond donors (Lipinski definition) is 2. The number of aliphatic hydroxyl groups is 1. The van der Waals surface area contributed by atoms with Crippen LogP contribution in [0.5, 0.6) is 0 Å². The Hall–Kier alpha value is -2.77.